The first-order chi connectivity index (χ1) is 33.6. The highest BCUT2D eigenvalue weighted by Gasteiger charge is 2.56. The number of fused-ring (bicyclic) bond motifs is 5. The van der Waals surface area contributed by atoms with Gasteiger partial charge in [-0.05, 0) is 124 Å². The van der Waals surface area contributed by atoms with E-state index >= 15 is 0 Å². The van der Waals surface area contributed by atoms with Crippen LogP contribution in [0.4, 0.5) is 0 Å². The summed E-state index contributed by atoms with van der Waals surface area (Å²) in [6.45, 7) is 16.0. The van der Waals surface area contributed by atoms with Crippen molar-refractivity contribution in [3.8, 4) is 5.75 Å². The zero-order valence-electron chi connectivity index (χ0n) is 42.4. The largest absolute Gasteiger partial charge is 0.496 e. The first-order valence-corrected chi connectivity index (χ1v) is 26.3. The van der Waals surface area contributed by atoms with Gasteiger partial charge in [0.05, 0.1) is 31.3 Å². The number of carbonyl (C=O) groups is 2. The van der Waals surface area contributed by atoms with Gasteiger partial charge >= 0.3 is 0 Å². The SMILES string of the molecule is CCC1Cc2ccccc2C2C(N=NN2CCCCOCC2CCN(C(=O)CCNC(=O)Cc3cccc(/C(C)=C/C=C/[C@@H](C)C[C@@]4(C)O[C@@H]4[C@H](C)[C@@H]4CCCCO4)c3OC)CC2)c2ccccc21. The van der Waals surface area contributed by atoms with E-state index < -0.39 is 0 Å². The number of likely N-dealkylation sites (tertiary alicyclic amines) is 1. The van der Waals surface area contributed by atoms with E-state index in [0.717, 1.165) is 101 Å². The highest BCUT2D eigenvalue weighted by atomic mass is 16.6. The van der Waals surface area contributed by atoms with E-state index in [2.05, 4.69) is 112 Å². The van der Waals surface area contributed by atoms with Gasteiger partial charge in [-0.3, -0.25) is 14.6 Å². The van der Waals surface area contributed by atoms with Gasteiger partial charge in [0.15, 0.2) is 0 Å². The second-order valence-electron chi connectivity index (χ2n) is 20.8. The Morgan fingerprint density at radius 2 is 1.75 bits per heavy atom. The number of ether oxygens (including phenoxy) is 4. The highest BCUT2D eigenvalue weighted by molar-refractivity contribution is 5.82. The first kappa shape index (κ1) is 50.5. The summed E-state index contributed by atoms with van der Waals surface area (Å²) in [7, 11) is 1.65. The molecule has 11 heteroatoms. The number of rotatable bonds is 21. The lowest BCUT2D eigenvalue weighted by atomic mass is 9.77. The minimum absolute atomic E-state index is 0.00569. The number of amides is 2. The van der Waals surface area contributed by atoms with Crippen LogP contribution in [0.1, 0.15) is 150 Å². The standard InChI is InChI=1S/C58H79N5O6/c1-7-44-36-45-20-8-9-23-49(45)55-54(50-24-11-10-22-48(44)50)60-61-63(55)31-13-15-34-67-39-43-28-32-62(33-29-43)53(65)27-30-59-52(64)37-46-21-17-25-47(56(46)66-6)41(3)19-16-18-40(2)38-58(5)57(69-58)42(4)51-26-12-14-35-68-51/h8-11,16-25,40,42-44,51,54-55,57H,7,12-15,26-39H2,1-6H3,(H,59,64)/b18-16+,41-19+/t40-,42-,44?,51+,54?,55?,57-,58-/m1/s1. The van der Waals surface area contributed by atoms with Gasteiger partial charge in [-0.1, -0.05) is 111 Å². The van der Waals surface area contributed by atoms with Crippen LogP contribution in [0.15, 0.2) is 95.3 Å². The lowest BCUT2D eigenvalue weighted by molar-refractivity contribution is -0.132. The van der Waals surface area contributed by atoms with Crippen molar-refractivity contribution >= 4 is 17.4 Å². The van der Waals surface area contributed by atoms with E-state index in [4.69, 9.17) is 29.3 Å². The minimum Gasteiger partial charge on any atom is -0.496 e. The van der Waals surface area contributed by atoms with Crippen LogP contribution < -0.4 is 10.1 Å². The molecule has 0 saturated carbocycles. The number of carbonyl (C=O) groups excluding carboxylic acids is 2. The molecule has 3 aromatic rings. The third-order valence-corrected chi connectivity index (χ3v) is 15.7. The maximum absolute atomic E-state index is 13.2. The summed E-state index contributed by atoms with van der Waals surface area (Å²) >= 11 is 0. The van der Waals surface area contributed by atoms with E-state index in [0.29, 0.717) is 48.7 Å². The van der Waals surface area contributed by atoms with Gasteiger partial charge in [0.1, 0.15) is 17.8 Å². The van der Waals surface area contributed by atoms with Gasteiger partial charge in [-0.15, -0.1) is 0 Å². The molecule has 2 amide bonds. The molecular weight excluding hydrogens is 863 g/mol. The Hall–Kier alpha value is -4.84. The fraction of sp³-hybridized carbons (Fsp3) is 0.586. The minimum atomic E-state index is -0.127. The van der Waals surface area contributed by atoms with Gasteiger partial charge in [0, 0.05) is 69.5 Å². The lowest BCUT2D eigenvalue weighted by Crippen LogP contribution is -2.41. The molecule has 0 bridgehead atoms. The molecule has 3 saturated heterocycles. The number of hydrogen-bond donors (Lipinski definition) is 1. The van der Waals surface area contributed by atoms with Gasteiger partial charge in [0.2, 0.25) is 11.8 Å². The Kier molecular flexibility index (Phi) is 17.5. The average Bonchev–Trinajstić information content (AvgIpc) is 3.85. The third kappa shape index (κ3) is 12.6. The average molecular weight is 942 g/mol. The van der Waals surface area contributed by atoms with Crippen LogP contribution in [-0.2, 0) is 36.6 Å². The number of epoxide rings is 1. The van der Waals surface area contributed by atoms with E-state index in [-0.39, 0.29) is 48.4 Å². The van der Waals surface area contributed by atoms with E-state index in [1.54, 1.807) is 7.11 Å². The van der Waals surface area contributed by atoms with Crippen molar-refractivity contribution in [2.45, 2.75) is 147 Å². The Morgan fingerprint density at radius 1 is 0.971 bits per heavy atom. The zero-order valence-corrected chi connectivity index (χ0v) is 42.4. The molecular formula is C58H79N5O6. The normalized spacial score (nSPS) is 25.6. The van der Waals surface area contributed by atoms with Crippen LogP contribution in [0.25, 0.3) is 5.57 Å². The first-order valence-electron chi connectivity index (χ1n) is 26.3. The predicted octanol–water partition coefficient (Wildman–Crippen LogP) is 11.3. The summed E-state index contributed by atoms with van der Waals surface area (Å²) < 4.78 is 24.4. The van der Waals surface area contributed by atoms with Crippen LogP contribution in [0.5, 0.6) is 5.75 Å². The molecule has 3 aromatic carbocycles. The molecule has 0 aromatic heterocycles. The molecule has 3 unspecified atom stereocenters. The van der Waals surface area contributed by atoms with Gasteiger partial charge in [-0.25, -0.2) is 0 Å². The molecule has 5 aliphatic rings. The topological polar surface area (TPSA) is 118 Å². The molecule has 0 spiro atoms. The number of methoxy groups -OCH3 is 1. The number of hydrogen-bond acceptors (Lipinski definition) is 9. The second kappa shape index (κ2) is 23.8. The zero-order chi connectivity index (χ0) is 48.3. The van der Waals surface area contributed by atoms with Crippen molar-refractivity contribution in [3.05, 3.63) is 118 Å². The Balaban J connectivity index is 0.709. The molecule has 8 rings (SSSR count). The summed E-state index contributed by atoms with van der Waals surface area (Å²) in [6.07, 6.45) is 18.0. The monoisotopic (exact) mass is 942 g/mol. The molecule has 3 fully saturated rings. The van der Waals surface area contributed by atoms with E-state index in [1.807, 2.05) is 23.1 Å². The van der Waals surface area contributed by atoms with Crippen LogP contribution in [0, 0.1) is 17.8 Å². The molecule has 4 heterocycles. The fourth-order valence-electron chi connectivity index (χ4n) is 11.8. The summed E-state index contributed by atoms with van der Waals surface area (Å²) in [6, 6.07) is 23.8. The summed E-state index contributed by atoms with van der Waals surface area (Å²) in [5.74, 6) is 2.35. The van der Waals surface area contributed by atoms with E-state index in [9.17, 15) is 9.59 Å². The molecule has 8 atom stereocenters. The van der Waals surface area contributed by atoms with Gasteiger partial charge in [-0.2, -0.15) is 5.11 Å². The van der Waals surface area contributed by atoms with Crippen LogP contribution in [-0.4, -0.2) is 92.6 Å². The molecule has 4 aliphatic heterocycles. The number of unbranched alkanes of at least 4 members (excludes halogenated alkanes) is 1. The lowest BCUT2D eigenvalue weighted by Gasteiger charge is -2.33. The van der Waals surface area contributed by atoms with Crippen molar-refractivity contribution in [2.24, 2.45) is 28.1 Å². The summed E-state index contributed by atoms with van der Waals surface area (Å²) in [5.41, 5.74) is 8.24. The van der Waals surface area contributed by atoms with Crippen LogP contribution in [0.2, 0.25) is 0 Å². The number of piperidine rings is 1. The van der Waals surface area contributed by atoms with Crippen molar-refractivity contribution in [3.63, 3.8) is 0 Å². The summed E-state index contributed by atoms with van der Waals surface area (Å²) in [4.78, 5) is 28.3. The third-order valence-electron chi connectivity index (χ3n) is 15.7. The summed E-state index contributed by atoms with van der Waals surface area (Å²) in [5, 5.41) is 14.9. The van der Waals surface area contributed by atoms with E-state index in [1.165, 1.54) is 35.1 Å². The maximum Gasteiger partial charge on any atom is 0.224 e. The molecule has 0 radical (unpaired) electrons. The van der Waals surface area contributed by atoms with Crippen molar-refractivity contribution < 1.29 is 28.5 Å². The van der Waals surface area contributed by atoms with Gasteiger partial charge in [0.25, 0.3) is 0 Å². The molecule has 1 aliphatic carbocycles. The Morgan fingerprint density at radius 3 is 2.52 bits per heavy atom. The number of nitrogens with zero attached hydrogens (tertiary/aromatic N) is 4. The molecule has 372 valence electrons. The Bertz CT molecular complexity index is 2280. The Labute approximate surface area is 412 Å². The van der Waals surface area contributed by atoms with Crippen LogP contribution in [0.3, 0.4) is 0 Å². The van der Waals surface area contributed by atoms with Crippen LogP contribution >= 0.6 is 0 Å². The number of nitrogens with one attached hydrogen (secondary N) is 1. The van der Waals surface area contributed by atoms with Crippen molar-refractivity contribution in [2.75, 3.05) is 53.1 Å². The predicted molar refractivity (Wildman–Crippen MR) is 273 cm³/mol. The van der Waals surface area contributed by atoms with Gasteiger partial charge < -0.3 is 29.2 Å². The molecule has 69 heavy (non-hydrogen) atoms. The number of benzene rings is 3. The number of allylic oxidation sites excluding steroid dienone is 4. The highest BCUT2D eigenvalue weighted by Crippen LogP contribution is 2.49. The van der Waals surface area contributed by atoms with Crippen molar-refractivity contribution in [1.82, 2.24) is 15.2 Å². The number of para-hydroxylation sites is 1. The quantitative estimate of drug-likeness (QED) is 0.0642. The fourth-order valence-corrected chi connectivity index (χ4v) is 11.8. The maximum atomic E-state index is 13.2. The molecule has 1 N–H and O–H groups in total. The smallest absolute Gasteiger partial charge is 0.224 e. The second-order valence-corrected chi connectivity index (χ2v) is 20.8. The van der Waals surface area contributed by atoms with Crippen molar-refractivity contribution in [1.29, 1.82) is 0 Å². The molecule has 11 nitrogen and oxygen atoms in total.